The van der Waals surface area contributed by atoms with Gasteiger partial charge in [-0.3, -0.25) is 9.59 Å². The Morgan fingerprint density at radius 3 is 2.26 bits per heavy atom. The first-order chi connectivity index (χ1) is 20.4. The van der Waals surface area contributed by atoms with Crippen LogP contribution in [0.3, 0.4) is 0 Å². The number of hydrogen-bond donors (Lipinski definition) is 4. The van der Waals surface area contributed by atoms with Crippen molar-refractivity contribution in [2.45, 2.75) is 45.4 Å². The zero-order chi connectivity index (χ0) is 31.5. The molecule has 11 heteroatoms. The Hall–Kier alpha value is -4.35. The smallest absolute Gasteiger partial charge is 0.410 e. The molecule has 4 N–H and O–H groups in total. The summed E-state index contributed by atoms with van der Waals surface area (Å²) in [6.07, 6.45) is -0.985. The number of aliphatic hydroxyl groups excluding tert-OH is 1. The Kier molecular flexibility index (Phi) is 12.2. The van der Waals surface area contributed by atoms with Crippen LogP contribution in [0, 0.1) is 18.6 Å². The highest BCUT2D eigenvalue weighted by atomic mass is 19.1. The Morgan fingerprint density at radius 1 is 0.930 bits per heavy atom. The van der Waals surface area contributed by atoms with Crippen LogP contribution in [0.2, 0.25) is 0 Å². The second-order valence-electron chi connectivity index (χ2n) is 10.5. The number of ether oxygens (including phenoxy) is 1. The summed E-state index contributed by atoms with van der Waals surface area (Å²) < 4.78 is 33.1. The van der Waals surface area contributed by atoms with Crippen molar-refractivity contribution in [3.8, 4) is 5.75 Å². The number of aliphatic hydroxyl groups is 1. The van der Waals surface area contributed by atoms with E-state index in [-0.39, 0.29) is 30.0 Å². The lowest BCUT2D eigenvalue weighted by Gasteiger charge is -2.25. The number of benzene rings is 3. The highest BCUT2D eigenvalue weighted by molar-refractivity contribution is 6.00. The van der Waals surface area contributed by atoms with Crippen molar-refractivity contribution in [1.82, 2.24) is 20.9 Å². The van der Waals surface area contributed by atoms with Gasteiger partial charge in [0, 0.05) is 50.9 Å². The van der Waals surface area contributed by atoms with E-state index in [0.29, 0.717) is 30.0 Å². The molecule has 0 spiro atoms. The van der Waals surface area contributed by atoms with Crippen LogP contribution in [0.4, 0.5) is 13.6 Å². The predicted octanol–water partition coefficient (Wildman–Crippen LogP) is 3.97. The zero-order valence-electron chi connectivity index (χ0n) is 24.7. The maximum atomic E-state index is 13.9. The summed E-state index contributed by atoms with van der Waals surface area (Å²) >= 11 is 0. The number of carbonyl (C=O) groups is 3. The molecule has 0 aliphatic rings. The molecule has 9 nitrogen and oxygen atoms in total. The van der Waals surface area contributed by atoms with Gasteiger partial charge in [0.25, 0.3) is 11.8 Å². The van der Waals surface area contributed by atoms with Gasteiger partial charge in [-0.05, 0) is 78.9 Å². The summed E-state index contributed by atoms with van der Waals surface area (Å²) in [6, 6.07) is 13.7. The minimum Gasteiger partial charge on any atom is -0.410 e. The van der Waals surface area contributed by atoms with Gasteiger partial charge in [0.2, 0.25) is 0 Å². The second kappa shape index (κ2) is 15.8. The lowest BCUT2D eigenvalue weighted by molar-refractivity contribution is 0.0829. The molecule has 2 atom stereocenters. The molecular formula is C32H38F2N4O5. The monoisotopic (exact) mass is 596 g/mol. The summed E-state index contributed by atoms with van der Waals surface area (Å²) in [5, 5.41) is 19.8. The molecule has 0 bridgehead atoms. The first kappa shape index (κ1) is 33.2. The Balaban J connectivity index is 1.74. The average molecular weight is 597 g/mol. The standard InChI is InChI=1S/C32H38F2N4O5/c1-5-9-36-30(40)23-10-20(2)11-24(16-23)31(41)37-28(15-22-12-25(33)17-26(34)13-22)29(39)19-35-18-21-7-6-8-27(14-21)43-32(42)38(3)4/h6-8,10-14,16-17,28-29,35,39H,5,9,15,18-19H2,1-4H3,(H,36,40)(H,37,41)/t28-,29+/m0/s1. The van der Waals surface area contributed by atoms with E-state index in [1.54, 1.807) is 51.4 Å². The van der Waals surface area contributed by atoms with E-state index in [1.807, 2.05) is 13.0 Å². The van der Waals surface area contributed by atoms with Gasteiger partial charge in [0.1, 0.15) is 17.4 Å². The van der Waals surface area contributed by atoms with Crippen LogP contribution < -0.4 is 20.7 Å². The van der Waals surface area contributed by atoms with Crippen LogP contribution in [0.25, 0.3) is 0 Å². The summed E-state index contributed by atoms with van der Waals surface area (Å²) in [6.45, 7) is 4.50. The third-order valence-corrected chi connectivity index (χ3v) is 6.45. The van der Waals surface area contributed by atoms with E-state index >= 15 is 0 Å². The lowest BCUT2D eigenvalue weighted by Crippen LogP contribution is -2.48. The highest BCUT2D eigenvalue weighted by Crippen LogP contribution is 2.16. The molecule has 3 amide bonds. The summed E-state index contributed by atoms with van der Waals surface area (Å²) in [5.74, 6) is -2.05. The van der Waals surface area contributed by atoms with E-state index < -0.39 is 35.8 Å². The maximum absolute atomic E-state index is 13.9. The molecule has 0 radical (unpaired) electrons. The largest absolute Gasteiger partial charge is 0.414 e. The number of nitrogens with one attached hydrogen (secondary N) is 3. The van der Waals surface area contributed by atoms with Crippen molar-refractivity contribution < 1.29 is 33.0 Å². The molecule has 0 heterocycles. The van der Waals surface area contributed by atoms with Crippen LogP contribution >= 0.6 is 0 Å². The third-order valence-electron chi connectivity index (χ3n) is 6.45. The van der Waals surface area contributed by atoms with Crippen molar-refractivity contribution >= 4 is 17.9 Å². The number of hydrogen-bond acceptors (Lipinski definition) is 6. The number of halogens is 2. The SMILES string of the molecule is CCCNC(=O)c1cc(C)cc(C(=O)N[C@@H](Cc2cc(F)cc(F)c2)[C@H](O)CNCc2cccc(OC(=O)N(C)C)c2)c1. The number of amides is 3. The molecule has 3 rings (SSSR count). The van der Waals surface area contributed by atoms with Gasteiger partial charge in [-0.15, -0.1) is 0 Å². The first-order valence-corrected chi connectivity index (χ1v) is 14.0. The quantitative estimate of drug-likeness (QED) is 0.237. The molecule has 0 aromatic heterocycles. The summed E-state index contributed by atoms with van der Waals surface area (Å²) in [7, 11) is 3.15. The Bertz CT molecular complexity index is 1410. The van der Waals surface area contributed by atoms with Gasteiger partial charge in [-0.1, -0.05) is 19.1 Å². The van der Waals surface area contributed by atoms with Crippen molar-refractivity contribution in [3.05, 3.63) is 100 Å². The lowest BCUT2D eigenvalue weighted by atomic mass is 9.99. The van der Waals surface area contributed by atoms with E-state index in [4.69, 9.17) is 4.74 Å². The van der Waals surface area contributed by atoms with Gasteiger partial charge in [0.05, 0.1) is 12.1 Å². The van der Waals surface area contributed by atoms with E-state index in [0.717, 1.165) is 30.2 Å². The molecule has 0 unspecified atom stereocenters. The van der Waals surface area contributed by atoms with Crippen LogP contribution in [0.15, 0.2) is 60.7 Å². The minimum absolute atomic E-state index is 0.0168. The van der Waals surface area contributed by atoms with E-state index in [1.165, 1.54) is 11.0 Å². The molecule has 0 aliphatic heterocycles. The summed E-state index contributed by atoms with van der Waals surface area (Å²) in [5.41, 5.74) is 2.25. The van der Waals surface area contributed by atoms with Crippen molar-refractivity contribution in [2.75, 3.05) is 27.2 Å². The van der Waals surface area contributed by atoms with Crippen molar-refractivity contribution in [2.24, 2.45) is 0 Å². The molecule has 3 aromatic rings. The fourth-order valence-electron chi connectivity index (χ4n) is 4.32. The topological polar surface area (TPSA) is 120 Å². The summed E-state index contributed by atoms with van der Waals surface area (Å²) in [4.78, 5) is 39.0. The fraction of sp³-hybridized carbons (Fsp3) is 0.344. The van der Waals surface area contributed by atoms with Crippen LogP contribution in [-0.4, -0.2) is 67.2 Å². The van der Waals surface area contributed by atoms with Gasteiger partial charge in [-0.25, -0.2) is 13.6 Å². The molecule has 43 heavy (non-hydrogen) atoms. The van der Waals surface area contributed by atoms with Crippen molar-refractivity contribution in [1.29, 1.82) is 0 Å². The first-order valence-electron chi connectivity index (χ1n) is 14.0. The number of nitrogens with zero attached hydrogens (tertiary/aromatic N) is 1. The third kappa shape index (κ3) is 10.5. The molecule has 0 saturated carbocycles. The van der Waals surface area contributed by atoms with Gasteiger partial charge in [0.15, 0.2) is 0 Å². The molecule has 230 valence electrons. The van der Waals surface area contributed by atoms with E-state index in [2.05, 4.69) is 16.0 Å². The van der Waals surface area contributed by atoms with E-state index in [9.17, 15) is 28.3 Å². The second-order valence-corrected chi connectivity index (χ2v) is 10.5. The maximum Gasteiger partial charge on any atom is 0.414 e. The molecule has 0 saturated heterocycles. The van der Waals surface area contributed by atoms with Gasteiger partial charge < -0.3 is 30.7 Å². The van der Waals surface area contributed by atoms with Crippen LogP contribution in [-0.2, 0) is 13.0 Å². The molecule has 0 aliphatic carbocycles. The molecular weight excluding hydrogens is 558 g/mol. The number of rotatable bonds is 13. The number of carbonyl (C=O) groups excluding carboxylic acids is 3. The van der Waals surface area contributed by atoms with Crippen molar-refractivity contribution in [3.63, 3.8) is 0 Å². The normalized spacial score (nSPS) is 12.3. The Morgan fingerprint density at radius 2 is 1.60 bits per heavy atom. The van der Waals surface area contributed by atoms with Gasteiger partial charge >= 0.3 is 6.09 Å². The molecule has 3 aromatic carbocycles. The van der Waals surface area contributed by atoms with Crippen LogP contribution in [0.5, 0.6) is 5.75 Å². The minimum atomic E-state index is -1.16. The van der Waals surface area contributed by atoms with Crippen LogP contribution in [0.1, 0.15) is 50.8 Å². The average Bonchev–Trinajstić information content (AvgIpc) is 2.94. The number of aryl methyl sites for hydroxylation is 1. The Labute approximate surface area is 250 Å². The zero-order valence-corrected chi connectivity index (χ0v) is 24.7. The van der Waals surface area contributed by atoms with Gasteiger partial charge in [-0.2, -0.15) is 0 Å². The fourth-order valence-corrected chi connectivity index (χ4v) is 4.32. The predicted molar refractivity (Wildman–Crippen MR) is 159 cm³/mol. The molecule has 0 fully saturated rings. The highest BCUT2D eigenvalue weighted by Gasteiger charge is 2.24.